The highest BCUT2D eigenvalue weighted by atomic mass is 79.9. The van der Waals surface area contributed by atoms with E-state index in [0.29, 0.717) is 29.4 Å². The van der Waals surface area contributed by atoms with Crippen molar-refractivity contribution < 1.29 is 9.47 Å². The van der Waals surface area contributed by atoms with Crippen LogP contribution in [0.15, 0.2) is 42.2 Å². The lowest BCUT2D eigenvalue weighted by atomic mass is 9.89. The van der Waals surface area contributed by atoms with E-state index in [-0.39, 0.29) is 5.92 Å². The number of hydrogen-bond acceptors (Lipinski definition) is 4. The predicted octanol–water partition coefficient (Wildman–Crippen LogP) is 7.00. The van der Waals surface area contributed by atoms with Crippen LogP contribution < -0.4 is 9.47 Å². The molecule has 0 fully saturated rings. The molecule has 0 radical (unpaired) electrons. The van der Waals surface area contributed by atoms with Crippen LogP contribution in [-0.4, -0.2) is 0 Å². The van der Waals surface area contributed by atoms with Gasteiger partial charge in [0.15, 0.2) is 11.5 Å². The molecule has 0 N–H and O–H groups in total. The molecule has 0 aromatic heterocycles. The van der Waals surface area contributed by atoms with E-state index >= 15 is 0 Å². The summed E-state index contributed by atoms with van der Waals surface area (Å²) in [7, 11) is 0. The van der Waals surface area contributed by atoms with Gasteiger partial charge in [-0.05, 0) is 106 Å². The van der Waals surface area contributed by atoms with Crippen molar-refractivity contribution in [3.05, 3.63) is 53.3 Å². The van der Waals surface area contributed by atoms with Crippen LogP contribution in [0, 0.1) is 23.0 Å². The zero-order chi connectivity index (χ0) is 18.6. The Hall–Kier alpha value is -1.06. The van der Waals surface area contributed by atoms with E-state index in [1.807, 2.05) is 24.3 Å². The maximum absolute atomic E-state index is 8.74. The second kappa shape index (κ2) is 9.05. The first kappa shape index (κ1) is 20.3. The van der Waals surface area contributed by atoms with Crippen LogP contribution in [0.25, 0.3) is 0 Å². The highest BCUT2D eigenvalue weighted by Gasteiger charge is 2.20. The van der Waals surface area contributed by atoms with Crippen LogP contribution in [0.3, 0.4) is 0 Å². The molecule has 2 aromatic rings. The van der Waals surface area contributed by atoms with E-state index in [9.17, 15) is 0 Å². The number of ether oxygens (including phenoxy) is 2. The quantitative estimate of drug-likeness (QED) is 0.350. The Kier molecular flexibility index (Phi) is 7.33. The monoisotopic (exact) mass is 590 g/mol. The average Bonchev–Trinajstić information content (AvgIpc) is 2.55. The normalized spacial score (nSPS) is 10.2. The molecule has 25 heavy (non-hydrogen) atoms. The summed E-state index contributed by atoms with van der Waals surface area (Å²) in [6.45, 7) is 2.09. The van der Waals surface area contributed by atoms with Gasteiger partial charge in [0.05, 0.1) is 17.9 Å². The summed E-state index contributed by atoms with van der Waals surface area (Å²) in [4.78, 5) is 0. The Morgan fingerprint density at radius 1 is 0.800 bits per heavy atom. The maximum Gasteiger partial charge on any atom is 0.292 e. The molecule has 0 heterocycles. The van der Waals surface area contributed by atoms with Gasteiger partial charge < -0.3 is 9.47 Å². The summed E-state index contributed by atoms with van der Waals surface area (Å²) < 4.78 is 12.7. The molecule has 0 aliphatic rings. The Morgan fingerprint density at radius 2 is 1.12 bits per heavy atom. The molecule has 128 valence electrons. The third-order valence-electron chi connectivity index (χ3n) is 3.55. The fourth-order valence-corrected chi connectivity index (χ4v) is 5.28. The molecule has 8 heteroatoms. The molecule has 4 nitrogen and oxygen atoms in total. The highest BCUT2D eigenvalue weighted by Crippen LogP contribution is 2.42. The Morgan fingerprint density at radius 3 is 1.36 bits per heavy atom. The minimum atomic E-state index is 0.104. The van der Waals surface area contributed by atoms with Crippen molar-refractivity contribution in [1.29, 1.82) is 10.5 Å². The molecular formula is C17H10Br4N2O2. The van der Waals surface area contributed by atoms with Crippen LogP contribution in [0.2, 0.25) is 0 Å². The second-order valence-electron chi connectivity index (χ2n) is 4.97. The average molecular weight is 594 g/mol. The molecule has 0 atom stereocenters. The zero-order valence-corrected chi connectivity index (χ0v) is 19.2. The summed E-state index contributed by atoms with van der Waals surface area (Å²) in [6.07, 6.45) is 4.22. The lowest BCUT2D eigenvalue weighted by Crippen LogP contribution is -2.02. The van der Waals surface area contributed by atoms with Gasteiger partial charge in [-0.3, -0.25) is 0 Å². The molecule has 2 aromatic carbocycles. The Labute approximate surface area is 179 Å². The molecule has 0 unspecified atom stereocenters. The van der Waals surface area contributed by atoms with Gasteiger partial charge in [-0.25, -0.2) is 0 Å². The molecule has 0 spiro atoms. The van der Waals surface area contributed by atoms with Crippen LogP contribution in [0.1, 0.15) is 30.4 Å². The molecule has 0 amide bonds. The van der Waals surface area contributed by atoms with Crippen LogP contribution in [0.5, 0.6) is 11.5 Å². The third kappa shape index (κ3) is 4.57. The Bertz CT molecular complexity index is 770. The lowest BCUT2D eigenvalue weighted by molar-refractivity contribution is 0.499. The lowest BCUT2D eigenvalue weighted by Gasteiger charge is -2.19. The summed E-state index contributed by atoms with van der Waals surface area (Å²) >= 11 is 13.8. The van der Waals surface area contributed by atoms with E-state index in [2.05, 4.69) is 70.6 Å². The van der Waals surface area contributed by atoms with Gasteiger partial charge in [0, 0.05) is 5.92 Å². The van der Waals surface area contributed by atoms with Gasteiger partial charge in [0.25, 0.3) is 12.5 Å². The second-order valence-corrected chi connectivity index (χ2v) is 8.39. The van der Waals surface area contributed by atoms with Gasteiger partial charge >= 0.3 is 0 Å². The van der Waals surface area contributed by atoms with Crippen LogP contribution >= 0.6 is 63.7 Å². The van der Waals surface area contributed by atoms with Gasteiger partial charge in [0.1, 0.15) is 0 Å². The SMILES string of the molecule is CCC(c1cc(Br)c(OC#N)c(Br)c1)c1cc(Br)c(OC#N)c(Br)c1. The van der Waals surface area contributed by atoms with Crippen LogP contribution in [-0.2, 0) is 0 Å². The molecule has 0 saturated carbocycles. The van der Waals surface area contributed by atoms with E-state index in [1.165, 1.54) is 0 Å². The smallest absolute Gasteiger partial charge is 0.292 e. The van der Waals surface area contributed by atoms with Gasteiger partial charge in [-0.15, -0.1) is 10.5 Å². The number of rotatable bonds is 5. The van der Waals surface area contributed by atoms with E-state index < -0.39 is 0 Å². The number of hydrogen-bond donors (Lipinski definition) is 0. The molecular weight excluding hydrogens is 584 g/mol. The van der Waals surface area contributed by atoms with E-state index in [4.69, 9.17) is 20.0 Å². The molecule has 0 bridgehead atoms. The minimum Gasteiger partial charge on any atom is -0.386 e. The topological polar surface area (TPSA) is 66.0 Å². The van der Waals surface area contributed by atoms with Gasteiger partial charge in [0.2, 0.25) is 0 Å². The van der Waals surface area contributed by atoms with Gasteiger partial charge in [-0.2, -0.15) is 0 Å². The zero-order valence-electron chi connectivity index (χ0n) is 12.8. The van der Waals surface area contributed by atoms with Crippen molar-refractivity contribution in [2.45, 2.75) is 19.3 Å². The number of benzene rings is 2. The fraction of sp³-hybridized carbons (Fsp3) is 0.176. The maximum atomic E-state index is 8.74. The standard InChI is InChI=1S/C17H10Br4N2O2/c1-2-11(9-3-12(18)16(24-7-22)13(19)4-9)10-5-14(20)17(25-8-23)15(21)6-10/h3-6,11H,2H2,1H3. The van der Waals surface area contributed by atoms with Crippen molar-refractivity contribution in [2.24, 2.45) is 0 Å². The van der Waals surface area contributed by atoms with Crippen molar-refractivity contribution >= 4 is 63.7 Å². The first-order chi connectivity index (χ1) is 11.9. The summed E-state index contributed by atoms with van der Waals surface area (Å²) in [5, 5.41) is 17.5. The summed E-state index contributed by atoms with van der Waals surface area (Å²) in [6, 6.07) is 7.75. The van der Waals surface area contributed by atoms with Crippen molar-refractivity contribution in [2.75, 3.05) is 0 Å². The predicted molar refractivity (Wildman–Crippen MR) is 108 cm³/mol. The van der Waals surface area contributed by atoms with Crippen molar-refractivity contribution in [3.63, 3.8) is 0 Å². The fourth-order valence-electron chi connectivity index (χ4n) is 2.51. The van der Waals surface area contributed by atoms with Crippen LogP contribution in [0.4, 0.5) is 0 Å². The van der Waals surface area contributed by atoms with E-state index in [0.717, 1.165) is 17.5 Å². The number of halogens is 4. The molecule has 2 rings (SSSR count). The molecule has 0 saturated heterocycles. The molecule has 0 aliphatic carbocycles. The largest absolute Gasteiger partial charge is 0.386 e. The summed E-state index contributed by atoms with van der Waals surface area (Å²) in [5.74, 6) is 0.995. The highest BCUT2D eigenvalue weighted by molar-refractivity contribution is 9.11. The minimum absolute atomic E-state index is 0.104. The van der Waals surface area contributed by atoms with Gasteiger partial charge in [-0.1, -0.05) is 6.92 Å². The Balaban J connectivity index is 2.51. The first-order valence-electron chi connectivity index (χ1n) is 7.02. The number of nitrogens with zero attached hydrogens (tertiary/aromatic N) is 2. The molecule has 0 aliphatic heterocycles. The van der Waals surface area contributed by atoms with Crippen molar-refractivity contribution in [3.8, 4) is 24.0 Å². The number of nitriles is 2. The summed E-state index contributed by atoms with van der Waals surface area (Å²) in [5.41, 5.74) is 2.11. The van der Waals surface area contributed by atoms with E-state index in [1.54, 1.807) is 12.5 Å². The third-order valence-corrected chi connectivity index (χ3v) is 5.91. The first-order valence-corrected chi connectivity index (χ1v) is 10.2. The van der Waals surface area contributed by atoms with Crippen molar-refractivity contribution in [1.82, 2.24) is 0 Å².